The fourth-order valence-corrected chi connectivity index (χ4v) is 13.2. The maximum absolute atomic E-state index is 12.6. The van der Waals surface area contributed by atoms with Crippen molar-refractivity contribution in [3.05, 3.63) is 11.6 Å². The summed E-state index contributed by atoms with van der Waals surface area (Å²) in [7, 11) is 0. The molecule has 48 heavy (non-hydrogen) atoms. The molecule has 10 nitrogen and oxygen atoms in total. The standard InChI is InChI=1S/C38H62O10/c1-18(2)21-14-23(42)31-35(21,6)12-13-37(8)27-20(10-11-38(31,37)9)36(7)16-24(46-19(3)40)32(34(4,5)26(36)15-22(27)41)48-33-30(45)29(44)28(43)25(17-39)47-33/h10,18,21-33,39,41-45H,11-17H2,1-9H3/t21-,22-,23+,24+,25+,26+,27-,28+,29-,30+,31-,32-,33-,35-,36+,37-,38+/m0/s1. The van der Waals surface area contributed by atoms with E-state index < -0.39 is 72.4 Å². The molecule has 0 radical (unpaired) electrons. The minimum absolute atomic E-state index is 0.0292. The molecule has 10 heteroatoms. The van der Waals surface area contributed by atoms with Crippen molar-refractivity contribution in [1.29, 1.82) is 0 Å². The third-order valence-corrected chi connectivity index (χ3v) is 15.5. The Hall–Kier alpha value is -1.11. The molecule has 0 bridgehead atoms. The lowest BCUT2D eigenvalue weighted by molar-refractivity contribution is -0.337. The van der Waals surface area contributed by atoms with Gasteiger partial charge in [0.05, 0.1) is 18.8 Å². The molecule has 0 unspecified atom stereocenters. The highest BCUT2D eigenvalue weighted by molar-refractivity contribution is 5.66. The molecule has 17 atom stereocenters. The van der Waals surface area contributed by atoms with Gasteiger partial charge in [-0.2, -0.15) is 0 Å². The first-order valence-corrected chi connectivity index (χ1v) is 18.4. The maximum Gasteiger partial charge on any atom is 0.302 e. The molecule has 1 heterocycles. The van der Waals surface area contributed by atoms with Gasteiger partial charge >= 0.3 is 5.97 Å². The Labute approximate surface area is 286 Å². The van der Waals surface area contributed by atoms with Crippen molar-refractivity contribution in [2.75, 3.05) is 6.61 Å². The Morgan fingerprint density at radius 3 is 2.21 bits per heavy atom. The highest BCUT2D eigenvalue weighted by atomic mass is 16.7. The number of aliphatic hydroxyl groups excluding tert-OH is 6. The minimum Gasteiger partial charge on any atom is -0.460 e. The van der Waals surface area contributed by atoms with Crippen molar-refractivity contribution in [3.63, 3.8) is 0 Å². The second kappa shape index (κ2) is 12.0. The molecule has 274 valence electrons. The number of aliphatic hydroxyl groups is 6. The molecule has 0 aromatic heterocycles. The summed E-state index contributed by atoms with van der Waals surface area (Å²) in [6.07, 6.45) is -2.88. The zero-order chi connectivity index (χ0) is 35.5. The summed E-state index contributed by atoms with van der Waals surface area (Å²) in [6.45, 7) is 18.8. The highest BCUT2D eigenvalue weighted by Gasteiger charge is 2.72. The first-order chi connectivity index (χ1) is 22.2. The van der Waals surface area contributed by atoms with Gasteiger partial charge in [-0.15, -0.1) is 0 Å². The largest absolute Gasteiger partial charge is 0.460 e. The number of hydrogen-bond donors (Lipinski definition) is 6. The van der Waals surface area contributed by atoms with E-state index in [1.165, 1.54) is 12.5 Å². The van der Waals surface area contributed by atoms with E-state index in [1.807, 2.05) is 13.8 Å². The van der Waals surface area contributed by atoms with Crippen LogP contribution in [-0.4, -0.2) is 98.3 Å². The molecule has 0 amide bonds. The van der Waals surface area contributed by atoms with Gasteiger partial charge in [-0.1, -0.05) is 67.0 Å². The zero-order valence-corrected chi connectivity index (χ0v) is 30.4. The molecule has 5 fully saturated rings. The van der Waals surface area contributed by atoms with Crippen molar-refractivity contribution >= 4 is 5.97 Å². The fourth-order valence-electron chi connectivity index (χ4n) is 13.2. The van der Waals surface area contributed by atoms with Crippen LogP contribution in [0.15, 0.2) is 11.6 Å². The summed E-state index contributed by atoms with van der Waals surface area (Å²) in [5.41, 5.74) is -0.400. The first-order valence-electron chi connectivity index (χ1n) is 18.4. The monoisotopic (exact) mass is 678 g/mol. The van der Waals surface area contributed by atoms with Gasteiger partial charge in [-0.25, -0.2) is 0 Å². The van der Waals surface area contributed by atoms with Crippen molar-refractivity contribution in [2.24, 2.45) is 56.7 Å². The maximum atomic E-state index is 12.6. The van der Waals surface area contributed by atoms with Gasteiger partial charge in [0, 0.05) is 12.8 Å². The number of carbonyl (C=O) groups excluding carboxylic acids is 1. The summed E-state index contributed by atoms with van der Waals surface area (Å²) in [6, 6.07) is 0. The molecule has 0 aromatic carbocycles. The zero-order valence-electron chi connectivity index (χ0n) is 30.4. The fraction of sp³-hybridized carbons (Fsp3) is 0.921. The average molecular weight is 679 g/mol. The van der Waals surface area contributed by atoms with Gasteiger partial charge < -0.3 is 44.8 Å². The van der Waals surface area contributed by atoms with Crippen molar-refractivity contribution < 1.29 is 49.6 Å². The lowest BCUT2D eigenvalue weighted by Gasteiger charge is -2.70. The topological polar surface area (TPSA) is 166 Å². The van der Waals surface area contributed by atoms with E-state index in [-0.39, 0.29) is 40.1 Å². The Kier molecular flexibility index (Phi) is 9.15. The quantitative estimate of drug-likeness (QED) is 0.144. The van der Waals surface area contributed by atoms with Crippen LogP contribution >= 0.6 is 0 Å². The van der Waals surface area contributed by atoms with Crippen LogP contribution in [0.2, 0.25) is 0 Å². The van der Waals surface area contributed by atoms with Crippen LogP contribution in [0.3, 0.4) is 0 Å². The number of fused-ring (bicyclic) bond motifs is 7. The van der Waals surface area contributed by atoms with Crippen LogP contribution < -0.4 is 0 Å². The van der Waals surface area contributed by atoms with Crippen molar-refractivity contribution in [1.82, 2.24) is 0 Å². The summed E-state index contributed by atoms with van der Waals surface area (Å²) in [5, 5.41) is 65.6. The second-order valence-corrected chi connectivity index (χ2v) is 18.5. The summed E-state index contributed by atoms with van der Waals surface area (Å²) >= 11 is 0. The van der Waals surface area contributed by atoms with Crippen molar-refractivity contribution in [2.45, 2.75) is 156 Å². The number of allylic oxidation sites excluding steroid dienone is 1. The third-order valence-electron chi connectivity index (χ3n) is 15.5. The molecule has 1 aliphatic heterocycles. The predicted octanol–water partition coefficient (Wildman–Crippen LogP) is 3.33. The number of ether oxygens (including phenoxy) is 3. The van der Waals surface area contributed by atoms with Crippen LogP contribution in [0.1, 0.15) is 101 Å². The van der Waals surface area contributed by atoms with E-state index in [4.69, 9.17) is 14.2 Å². The lowest BCUT2D eigenvalue weighted by atomic mass is 9.35. The van der Waals surface area contributed by atoms with E-state index in [2.05, 4.69) is 47.6 Å². The van der Waals surface area contributed by atoms with Crippen molar-refractivity contribution in [3.8, 4) is 0 Å². The highest BCUT2D eigenvalue weighted by Crippen LogP contribution is 2.76. The number of carbonyl (C=O) groups is 1. The molecule has 0 spiro atoms. The van der Waals surface area contributed by atoms with Crippen LogP contribution in [0.4, 0.5) is 0 Å². The van der Waals surface area contributed by atoms with E-state index in [0.29, 0.717) is 24.7 Å². The van der Waals surface area contributed by atoms with Gasteiger partial charge in [0.25, 0.3) is 0 Å². The minimum atomic E-state index is -1.60. The number of esters is 1. The SMILES string of the molecule is CC(=O)O[C@@H]1C[C@]2(C)C3=CC[C@]4(C)[C@H]5[C@H](O)C[C@@H](C(C)C)[C@]5(C)CC[C@@]4(C)[C@@H]3[C@@H](O)C[C@@H]2C(C)(C)[C@H]1O[C@@H]1O[C@H](CO)[C@@H](O)[C@H](O)[C@H]1O. The number of hydrogen-bond acceptors (Lipinski definition) is 10. The molecule has 6 aliphatic rings. The van der Waals surface area contributed by atoms with Crippen LogP contribution in [0.5, 0.6) is 0 Å². The summed E-state index contributed by atoms with van der Waals surface area (Å²) in [5.74, 6) is 0.369. The van der Waals surface area contributed by atoms with Gasteiger partial charge in [0.15, 0.2) is 6.29 Å². The van der Waals surface area contributed by atoms with E-state index in [9.17, 15) is 35.4 Å². The molecular weight excluding hydrogens is 616 g/mol. The molecule has 6 rings (SSSR count). The average Bonchev–Trinajstić information content (AvgIpc) is 3.27. The van der Waals surface area contributed by atoms with Crippen LogP contribution in [-0.2, 0) is 19.0 Å². The van der Waals surface area contributed by atoms with E-state index in [1.54, 1.807) is 0 Å². The van der Waals surface area contributed by atoms with Gasteiger partial charge in [-0.3, -0.25) is 4.79 Å². The lowest BCUT2D eigenvalue weighted by Crippen LogP contribution is -2.68. The van der Waals surface area contributed by atoms with Gasteiger partial charge in [0.2, 0.25) is 0 Å². The molecule has 4 saturated carbocycles. The number of rotatable bonds is 5. The molecule has 0 aromatic rings. The molecule has 5 aliphatic carbocycles. The Balaban J connectivity index is 1.38. The summed E-state index contributed by atoms with van der Waals surface area (Å²) in [4.78, 5) is 12.6. The predicted molar refractivity (Wildman–Crippen MR) is 177 cm³/mol. The third kappa shape index (κ3) is 4.97. The van der Waals surface area contributed by atoms with Crippen LogP contribution in [0, 0.1) is 56.7 Å². The Morgan fingerprint density at radius 1 is 0.938 bits per heavy atom. The Morgan fingerprint density at radius 2 is 1.60 bits per heavy atom. The van der Waals surface area contributed by atoms with Gasteiger partial charge in [-0.05, 0) is 89.3 Å². The second-order valence-electron chi connectivity index (χ2n) is 18.5. The summed E-state index contributed by atoms with van der Waals surface area (Å²) < 4.78 is 18.2. The molecule has 1 saturated heterocycles. The van der Waals surface area contributed by atoms with Crippen LogP contribution in [0.25, 0.3) is 0 Å². The van der Waals surface area contributed by atoms with E-state index >= 15 is 0 Å². The normalized spacial score (nSPS) is 54.4. The van der Waals surface area contributed by atoms with Gasteiger partial charge in [0.1, 0.15) is 36.6 Å². The smallest absolute Gasteiger partial charge is 0.302 e. The molecular formula is C38H62O10. The van der Waals surface area contributed by atoms with E-state index in [0.717, 1.165) is 25.7 Å². The molecule has 6 N–H and O–H groups in total. The first kappa shape index (κ1) is 36.7. The Bertz CT molecular complexity index is 1280.